The minimum absolute atomic E-state index is 0.0938. The van der Waals surface area contributed by atoms with Crippen molar-refractivity contribution < 1.29 is 9.90 Å². The van der Waals surface area contributed by atoms with E-state index in [0.29, 0.717) is 12.1 Å². The third kappa shape index (κ3) is 3.19. The van der Waals surface area contributed by atoms with Crippen molar-refractivity contribution in [1.29, 1.82) is 0 Å². The molecule has 1 aliphatic rings. The van der Waals surface area contributed by atoms with Gasteiger partial charge in [-0.25, -0.2) is 0 Å². The smallest absolute Gasteiger partial charge is 0.251 e. The van der Waals surface area contributed by atoms with E-state index in [2.05, 4.69) is 5.32 Å². The zero-order chi connectivity index (χ0) is 14.8. The van der Waals surface area contributed by atoms with Crippen molar-refractivity contribution in [2.45, 2.75) is 25.7 Å². The molecule has 0 aromatic heterocycles. The normalized spacial score (nSPS) is 17.1. The molecule has 1 saturated carbocycles. The molecule has 0 radical (unpaired) electrons. The molecule has 110 valence electrons. The molecule has 0 unspecified atom stereocenters. The lowest BCUT2D eigenvalue weighted by Gasteiger charge is -2.26. The van der Waals surface area contributed by atoms with Crippen LogP contribution >= 0.6 is 23.2 Å². The first-order valence-electron chi connectivity index (χ1n) is 6.61. The van der Waals surface area contributed by atoms with Gasteiger partial charge in [-0.3, -0.25) is 4.79 Å². The molecule has 1 aromatic rings. The van der Waals surface area contributed by atoms with Gasteiger partial charge in [-0.05, 0) is 25.0 Å². The minimum atomic E-state index is -0.256. The number of nitrogens with one attached hydrogen (secondary N) is 1. The SMILES string of the molecule is Nc1c(Cl)cc(C(=O)NCC2(CO)CCCC2)cc1Cl. The summed E-state index contributed by atoms with van der Waals surface area (Å²) in [6.45, 7) is 0.554. The van der Waals surface area contributed by atoms with Gasteiger partial charge in [-0.1, -0.05) is 36.0 Å². The third-order valence-electron chi connectivity index (χ3n) is 3.96. The summed E-state index contributed by atoms with van der Waals surface area (Å²) in [4.78, 5) is 12.1. The number of anilines is 1. The fourth-order valence-electron chi connectivity index (χ4n) is 2.60. The Labute approximate surface area is 128 Å². The fraction of sp³-hybridized carbons (Fsp3) is 0.500. The number of benzene rings is 1. The molecule has 4 nitrogen and oxygen atoms in total. The Bertz CT molecular complexity index is 491. The van der Waals surface area contributed by atoms with Crippen LogP contribution in [0.3, 0.4) is 0 Å². The summed E-state index contributed by atoms with van der Waals surface area (Å²) in [5.74, 6) is -0.256. The number of hydrogen-bond acceptors (Lipinski definition) is 3. The van der Waals surface area contributed by atoms with Crippen molar-refractivity contribution in [2.75, 3.05) is 18.9 Å². The predicted octanol–water partition coefficient (Wildman–Crippen LogP) is 2.86. The van der Waals surface area contributed by atoms with Crippen molar-refractivity contribution in [1.82, 2.24) is 5.32 Å². The van der Waals surface area contributed by atoms with Gasteiger partial charge in [0.25, 0.3) is 5.91 Å². The number of nitrogens with two attached hydrogens (primary N) is 1. The van der Waals surface area contributed by atoms with E-state index >= 15 is 0 Å². The third-order valence-corrected chi connectivity index (χ3v) is 4.59. The van der Waals surface area contributed by atoms with E-state index in [1.807, 2.05) is 0 Å². The van der Waals surface area contributed by atoms with Gasteiger partial charge in [0, 0.05) is 17.5 Å². The highest BCUT2D eigenvalue weighted by Crippen LogP contribution is 2.37. The Morgan fingerprint density at radius 2 is 1.85 bits per heavy atom. The maximum atomic E-state index is 12.1. The van der Waals surface area contributed by atoms with Crippen LogP contribution in [0, 0.1) is 5.41 Å². The number of carbonyl (C=O) groups excluding carboxylic acids is 1. The number of aliphatic hydroxyl groups excluding tert-OH is 1. The molecule has 0 bridgehead atoms. The zero-order valence-electron chi connectivity index (χ0n) is 11.1. The zero-order valence-corrected chi connectivity index (χ0v) is 12.6. The molecule has 1 fully saturated rings. The first-order chi connectivity index (χ1) is 9.47. The molecule has 2 rings (SSSR count). The van der Waals surface area contributed by atoms with Crippen molar-refractivity contribution in [2.24, 2.45) is 5.41 Å². The quantitative estimate of drug-likeness (QED) is 0.748. The first-order valence-corrected chi connectivity index (χ1v) is 7.37. The van der Waals surface area contributed by atoms with E-state index in [4.69, 9.17) is 28.9 Å². The lowest BCUT2D eigenvalue weighted by molar-refractivity contribution is 0.0880. The Morgan fingerprint density at radius 3 is 2.35 bits per heavy atom. The van der Waals surface area contributed by atoms with E-state index in [9.17, 15) is 9.90 Å². The second-order valence-electron chi connectivity index (χ2n) is 5.40. The summed E-state index contributed by atoms with van der Waals surface area (Å²) in [5.41, 5.74) is 6.10. The summed E-state index contributed by atoms with van der Waals surface area (Å²) in [7, 11) is 0. The standard InChI is InChI=1S/C14H18Cl2N2O2/c15-10-5-9(6-11(16)12(10)17)13(20)18-7-14(8-19)3-1-2-4-14/h5-6,19H,1-4,7-8,17H2,(H,18,20). The topological polar surface area (TPSA) is 75.4 Å². The number of hydrogen-bond donors (Lipinski definition) is 3. The van der Waals surface area contributed by atoms with Gasteiger partial charge in [-0.2, -0.15) is 0 Å². The molecule has 0 spiro atoms. The molecule has 0 saturated heterocycles. The van der Waals surface area contributed by atoms with Crippen molar-refractivity contribution in [3.63, 3.8) is 0 Å². The number of aliphatic hydroxyl groups is 1. The monoisotopic (exact) mass is 316 g/mol. The van der Waals surface area contributed by atoms with Gasteiger partial charge in [0.05, 0.1) is 22.3 Å². The molecule has 6 heteroatoms. The molecular weight excluding hydrogens is 299 g/mol. The number of nitrogen functional groups attached to an aromatic ring is 1. The molecular formula is C14H18Cl2N2O2. The minimum Gasteiger partial charge on any atom is -0.396 e. The summed E-state index contributed by atoms with van der Waals surface area (Å²) < 4.78 is 0. The molecule has 4 N–H and O–H groups in total. The van der Waals surface area contributed by atoms with E-state index in [1.54, 1.807) is 0 Å². The Kier molecular flexibility index (Phi) is 4.78. The average molecular weight is 317 g/mol. The Morgan fingerprint density at radius 1 is 1.30 bits per heavy atom. The molecule has 20 heavy (non-hydrogen) atoms. The van der Waals surface area contributed by atoms with Gasteiger partial charge in [0.15, 0.2) is 0 Å². The second-order valence-corrected chi connectivity index (χ2v) is 6.22. The van der Waals surface area contributed by atoms with Crippen LogP contribution < -0.4 is 11.1 Å². The highest BCUT2D eigenvalue weighted by atomic mass is 35.5. The van der Waals surface area contributed by atoms with E-state index in [-0.39, 0.29) is 33.7 Å². The number of amides is 1. The molecule has 0 aliphatic heterocycles. The van der Waals surface area contributed by atoms with E-state index in [0.717, 1.165) is 25.7 Å². The Balaban J connectivity index is 2.05. The molecule has 0 heterocycles. The van der Waals surface area contributed by atoms with E-state index < -0.39 is 0 Å². The van der Waals surface area contributed by atoms with Crippen LogP contribution in [0.5, 0.6) is 0 Å². The van der Waals surface area contributed by atoms with Gasteiger partial charge in [0.2, 0.25) is 0 Å². The number of carbonyl (C=O) groups is 1. The molecule has 1 aromatic carbocycles. The fourth-order valence-corrected chi connectivity index (χ4v) is 3.09. The van der Waals surface area contributed by atoms with Gasteiger partial charge in [0.1, 0.15) is 0 Å². The van der Waals surface area contributed by atoms with Gasteiger partial charge < -0.3 is 16.2 Å². The van der Waals surface area contributed by atoms with E-state index in [1.165, 1.54) is 12.1 Å². The lowest BCUT2D eigenvalue weighted by atomic mass is 9.87. The van der Waals surface area contributed by atoms with Crippen molar-refractivity contribution in [3.8, 4) is 0 Å². The second kappa shape index (κ2) is 6.20. The number of rotatable bonds is 4. The van der Waals surface area contributed by atoms with Crippen molar-refractivity contribution in [3.05, 3.63) is 27.7 Å². The van der Waals surface area contributed by atoms with Crippen LogP contribution in [-0.2, 0) is 0 Å². The predicted molar refractivity (Wildman–Crippen MR) is 81.2 cm³/mol. The number of halogens is 2. The Hall–Kier alpha value is -0.970. The van der Waals surface area contributed by atoms with Gasteiger partial charge >= 0.3 is 0 Å². The van der Waals surface area contributed by atoms with Crippen molar-refractivity contribution >= 4 is 34.8 Å². The molecule has 0 atom stereocenters. The highest BCUT2D eigenvalue weighted by molar-refractivity contribution is 6.39. The van der Waals surface area contributed by atoms with Crippen LogP contribution in [0.25, 0.3) is 0 Å². The maximum absolute atomic E-state index is 12.1. The highest BCUT2D eigenvalue weighted by Gasteiger charge is 2.33. The van der Waals surface area contributed by atoms with Crippen LogP contribution in [0.4, 0.5) is 5.69 Å². The molecule has 1 amide bonds. The van der Waals surface area contributed by atoms with Crippen LogP contribution in [0.1, 0.15) is 36.0 Å². The summed E-state index contributed by atoms with van der Waals surface area (Å²) in [6, 6.07) is 3.00. The first kappa shape index (κ1) is 15.4. The largest absolute Gasteiger partial charge is 0.396 e. The average Bonchev–Trinajstić information content (AvgIpc) is 2.91. The van der Waals surface area contributed by atoms with Crippen LogP contribution in [-0.4, -0.2) is 24.2 Å². The molecule has 1 aliphatic carbocycles. The summed E-state index contributed by atoms with van der Waals surface area (Å²) in [6.07, 6.45) is 4.06. The maximum Gasteiger partial charge on any atom is 0.251 e. The van der Waals surface area contributed by atoms with Gasteiger partial charge in [-0.15, -0.1) is 0 Å². The van der Waals surface area contributed by atoms with Crippen LogP contribution in [0.15, 0.2) is 12.1 Å². The summed E-state index contributed by atoms with van der Waals surface area (Å²) >= 11 is 11.8. The lowest BCUT2D eigenvalue weighted by Crippen LogP contribution is -2.38. The van der Waals surface area contributed by atoms with Crippen LogP contribution in [0.2, 0.25) is 10.0 Å². The summed E-state index contributed by atoms with van der Waals surface area (Å²) in [5, 5.41) is 12.9.